The molecular formula is C25H23N3O2S. The van der Waals surface area contributed by atoms with Gasteiger partial charge in [0.05, 0.1) is 22.7 Å². The standard InChI is InChI=1S/C25H23N3O2S/c26-20-8-4-5-9-21(20)28-25(30)23-16-19-14-18(10-11-22(19)31-23)15-24(29)27-13-12-17-6-2-1-3-7-17/h1-11,14,16H,12-13,15,26H2,(H,27,29)(H,28,30). The predicted molar refractivity (Wildman–Crippen MR) is 127 cm³/mol. The highest BCUT2D eigenvalue weighted by molar-refractivity contribution is 7.20. The molecule has 0 radical (unpaired) electrons. The Bertz CT molecular complexity index is 1220. The van der Waals surface area contributed by atoms with Crippen molar-refractivity contribution in [2.45, 2.75) is 12.8 Å². The molecule has 156 valence electrons. The molecule has 4 N–H and O–H groups in total. The molecule has 31 heavy (non-hydrogen) atoms. The van der Waals surface area contributed by atoms with E-state index in [0.29, 0.717) is 29.2 Å². The summed E-state index contributed by atoms with van der Waals surface area (Å²) in [7, 11) is 0. The minimum atomic E-state index is -0.195. The highest BCUT2D eigenvalue weighted by atomic mass is 32.1. The van der Waals surface area contributed by atoms with E-state index in [0.717, 1.165) is 22.1 Å². The van der Waals surface area contributed by atoms with Crippen LogP contribution in [0.4, 0.5) is 11.4 Å². The highest BCUT2D eigenvalue weighted by Crippen LogP contribution is 2.28. The molecule has 6 heteroatoms. The maximum Gasteiger partial charge on any atom is 0.265 e. The SMILES string of the molecule is Nc1ccccc1NC(=O)c1cc2cc(CC(=O)NCCc3ccccc3)ccc2s1. The summed E-state index contributed by atoms with van der Waals surface area (Å²) in [6.45, 7) is 0.608. The van der Waals surface area contributed by atoms with Crippen molar-refractivity contribution in [1.29, 1.82) is 0 Å². The van der Waals surface area contributed by atoms with Gasteiger partial charge >= 0.3 is 0 Å². The van der Waals surface area contributed by atoms with E-state index in [1.54, 1.807) is 12.1 Å². The Hall–Kier alpha value is -3.64. The van der Waals surface area contributed by atoms with Crippen molar-refractivity contribution in [3.63, 3.8) is 0 Å². The second-order valence-electron chi connectivity index (χ2n) is 7.29. The minimum absolute atomic E-state index is 0.0111. The van der Waals surface area contributed by atoms with E-state index in [1.165, 1.54) is 16.9 Å². The van der Waals surface area contributed by atoms with Crippen molar-refractivity contribution in [1.82, 2.24) is 5.32 Å². The van der Waals surface area contributed by atoms with Crippen molar-refractivity contribution >= 4 is 44.6 Å². The third-order valence-electron chi connectivity index (χ3n) is 4.96. The van der Waals surface area contributed by atoms with Gasteiger partial charge in [0.15, 0.2) is 0 Å². The minimum Gasteiger partial charge on any atom is -0.397 e. The molecule has 4 aromatic rings. The first-order valence-corrected chi connectivity index (χ1v) is 10.9. The van der Waals surface area contributed by atoms with Gasteiger partial charge in [-0.1, -0.05) is 48.5 Å². The van der Waals surface area contributed by atoms with Crippen LogP contribution in [0.1, 0.15) is 20.8 Å². The van der Waals surface area contributed by atoms with E-state index in [4.69, 9.17) is 5.73 Å². The number of hydrogen-bond acceptors (Lipinski definition) is 4. The summed E-state index contributed by atoms with van der Waals surface area (Å²) >= 11 is 1.42. The van der Waals surface area contributed by atoms with Gasteiger partial charge in [0.1, 0.15) is 0 Å². The van der Waals surface area contributed by atoms with Gasteiger partial charge in [-0.05, 0) is 53.3 Å². The number of fused-ring (bicyclic) bond motifs is 1. The van der Waals surface area contributed by atoms with Crippen LogP contribution in [0.2, 0.25) is 0 Å². The Morgan fingerprint density at radius 3 is 2.45 bits per heavy atom. The van der Waals surface area contributed by atoms with Crippen LogP contribution in [0.15, 0.2) is 78.9 Å². The summed E-state index contributed by atoms with van der Waals surface area (Å²) in [5.41, 5.74) is 9.15. The smallest absolute Gasteiger partial charge is 0.265 e. The van der Waals surface area contributed by atoms with Crippen LogP contribution in [-0.4, -0.2) is 18.4 Å². The summed E-state index contributed by atoms with van der Waals surface area (Å²) in [5, 5.41) is 6.77. The average molecular weight is 430 g/mol. The van der Waals surface area contributed by atoms with Gasteiger partial charge in [-0.2, -0.15) is 0 Å². The molecule has 3 aromatic carbocycles. The zero-order valence-corrected chi connectivity index (χ0v) is 17.7. The molecule has 0 spiro atoms. The largest absolute Gasteiger partial charge is 0.397 e. The third-order valence-corrected chi connectivity index (χ3v) is 6.07. The fourth-order valence-electron chi connectivity index (χ4n) is 3.35. The number of benzene rings is 3. The normalized spacial score (nSPS) is 10.7. The van der Waals surface area contributed by atoms with Gasteiger partial charge < -0.3 is 16.4 Å². The second kappa shape index (κ2) is 9.45. The number of carbonyl (C=O) groups excluding carboxylic acids is 2. The number of carbonyl (C=O) groups is 2. The number of nitrogens with one attached hydrogen (secondary N) is 2. The monoisotopic (exact) mass is 429 g/mol. The molecule has 0 atom stereocenters. The lowest BCUT2D eigenvalue weighted by Crippen LogP contribution is -2.27. The van der Waals surface area contributed by atoms with Gasteiger partial charge in [-0.3, -0.25) is 9.59 Å². The number of para-hydroxylation sites is 2. The Morgan fingerprint density at radius 2 is 1.65 bits per heavy atom. The van der Waals surface area contributed by atoms with Crippen molar-refractivity contribution in [3.8, 4) is 0 Å². The molecule has 0 aliphatic heterocycles. The Balaban J connectivity index is 1.37. The van der Waals surface area contributed by atoms with Crippen LogP contribution in [0.25, 0.3) is 10.1 Å². The molecule has 2 amide bonds. The highest BCUT2D eigenvalue weighted by Gasteiger charge is 2.13. The fraction of sp³-hybridized carbons (Fsp3) is 0.120. The van der Waals surface area contributed by atoms with Crippen molar-refractivity contribution < 1.29 is 9.59 Å². The van der Waals surface area contributed by atoms with Crippen molar-refractivity contribution in [2.75, 3.05) is 17.6 Å². The van der Waals surface area contributed by atoms with Crippen LogP contribution in [0.5, 0.6) is 0 Å². The van der Waals surface area contributed by atoms with Crippen molar-refractivity contribution in [3.05, 3.63) is 94.9 Å². The van der Waals surface area contributed by atoms with E-state index < -0.39 is 0 Å². The molecule has 1 aromatic heterocycles. The number of anilines is 2. The summed E-state index contributed by atoms with van der Waals surface area (Å²) in [4.78, 5) is 25.5. The van der Waals surface area contributed by atoms with Crippen LogP contribution < -0.4 is 16.4 Å². The summed E-state index contributed by atoms with van der Waals surface area (Å²) < 4.78 is 0.999. The van der Waals surface area contributed by atoms with Crippen LogP contribution >= 0.6 is 11.3 Å². The van der Waals surface area contributed by atoms with Gasteiger partial charge in [0, 0.05) is 11.2 Å². The molecule has 5 nitrogen and oxygen atoms in total. The van der Waals surface area contributed by atoms with Crippen LogP contribution in [0.3, 0.4) is 0 Å². The lowest BCUT2D eigenvalue weighted by atomic mass is 10.1. The van der Waals surface area contributed by atoms with Crippen molar-refractivity contribution in [2.24, 2.45) is 0 Å². The lowest BCUT2D eigenvalue weighted by molar-refractivity contribution is -0.120. The molecule has 0 unspecified atom stereocenters. The second-order valence-corrected chi connectivity index (χ2v) is 8.37. The zero-order valence-electron chi connectivity index (χ0n) is 16.9. The van der Waals surface area contributed by atoms with Gasteiger partial charge in [0.2, 0.25) is 5.91 Å². The van der Waals surface area contributed by atoms with Gasteiger partial charge in [-0.15, -0.1) is 11.3 Å². The molecule has 0 saturated carbocycles. The molecule has 1 heterocycles. The number of amides is 2. The first-order chi connectivity index (χ1) is 15.1. The Morgan fingerprint density at radius 1 is 0.871 bits per heavy atom. The molecular weight excluding hydrogens is 406 g/mol. The number of thiophene rings is 1. The first kappa shape index (κ1) is 20.6. The van der Waals surface area contributed by atoms with E-state index in [1.807, 2.05) is 54.6 Å². The molecule has 0 aliphatic carbocycles. The fourth-order valence-corrected chi connectivity index (χ4v) is 4.29. The maximum atomic E-state index is 12.6. The molecule has 4 rings (SSSR count). The first-order valence-electron chi connectivity index (χ1n) is 10.1. The number of rotatable bonds is 7. The molecule has 0 aliphatic rings. The number of nitrogen functional groups attached to an aromatic ring is 1. The molecule has 0 bridgehead atoms. The van der Waals surface area contributed by atoms with E-state index in [-0.39, 0.29) is 11.8 Å². The maximum absolute atomic E-state index is 12.6. The summed E-state index contributed by atoms with van der Waals surface area (Å²) in [5.74, 6) is -0.206. The number of nitrogens with two attached hydrogens (primary N) is 1. The van der Waals surface area contributed by atoms with Gasteiger partial charge in [-0.25, -0.2) is 0 Å². The van der Waals surface area contributed by atoms with E-state index in [2.05, 4.69) is 22.8 Å². The van der Waals surface area contributed by atoms with E-state index >= 15 is 0 Å². The summed E-state index contributed by atoms with van der Waals surface area (Å²) in [6, 6.07) is 25.0. The Labute approximate surface area is 184 Å². The molecule has 0 saturated heterocycles. The number of hydrogen-bond donors (Lipinski definition) is 3. The predicted octanol–water partition coefficient (Wildman–Crippen LogP) is 4.64. The van der Waals surface area contributed by atoms with Gasteiger partial charge in [0.25, 0.3) is 5.91 Å². The Kier molecular flexibility index (Phi) is 6.29. The van der Waals surface area contributed by atoms with Crippen LogP contribution in [-0.2, 0) is 17.6 Å². The topological polar surface area (TPSA) is 84.2 Å². The zero-order chi connectivity index (χ0) is 21.6. The lowest BCUT2D eigenvalue weighted by Gasteiger charge is -2.06. The average Bonchev–Trinajstić information content (AvgIpc) is 3.20. The van der Waals surface area contributed by atoms with Crippen LogP contribution in [0, 0.1) is 0 Å². The quantitative estimate of drug-likeness (QED) is 0.374. The van der Waals surface area contributed by atoms with E-state index in [9.17, 15) is 9.59 Å². The third kappa shape index (κ3) is 5.29. The molecule has 0 fully saturated rings. The summed E-state index contributed by atoms with van der Waals surface area (Å²) in [6.07, 6.45) is 1.11.